The molecule has 1 atom stereocenters. The Morgan fingerprint density at radius 3 is 2.59 bits per heavy atom. The number of hydrogen-bond acceptors (Lipinski definition) is 5. The predicted molar refractivity (Wildman–Crippen MR) is 116 cm³/mol. The lowest BCUT2D eigenvalue weighted by atomic mass is 9.87. The molecule has 178 valence electrons. The molecule has 2 heterocycles. The normalized spacial score (nSPS) is 19.6. The summed E-state index contributed by atoms with van der Waals surface area (Å²) < 4.78 is 49.4. The second-order valence-corrected chi connectivity index (χ2v) is 8.59. The topological polar surface area (TPSA) is 87.8 Å². The van der Waals surface area contributed by atoms with Gasteiger partial charge in [0, 0.05) is 47.1 Å². The molecule has 0 saturated carbocycles. The van der Waals surface area contributed by atoms with Crippen LogP contribution in [0.2, 0.25) is 0 Å². The third-order valence-electron chi connectivity index (χ3n) is 6.22. The number of aliphatic hydroxyl groups is 2. The highest BCUT2D eigenvalue weighted by molar-refractivity contribution is 6.15. The maximum Gasteiger partial charge on any atom is 0.425 e. The SMILES string of the molecule is O=C(c1cc(-c2cnn(Cl)c2)c2c(c1)C(O)(C(F)(F)F)c1ccccc1-2)N1CC(OCCO)C1. The Morgan fingerprint density at radius 2 is 1.94 bits per heavy atom. The van der Waals surface area contributed by atoms with E-state index in [2.05, 4.69) is 5.10 Å². The number of alkyl halides is 3. The van der Waals surface area contributed by atoms with E-state index in [1.807, 2.05) is 0 Å². The zero-order valence-electron chi connectivity index (χ0n) is 17.6. The van der Waals surface area contributed by atoms with Crippen LogP contribution in [0, 0.1) is 0 Å². The summed E-state index contributed by atoms with van der Waals surface area (Å²) >= 11 is 5.90. The molecule has 2 aromatic carbocycles. The first-order valence-corrected chi connectivity index (χ1v) is 10.8. The van der Waals surface area contributed by atoms with E-state index in [1.54, 1.807) is 6.07 Å². The van der Waals surface area contributed by atoms with Gasteiger partial charge in [-0.2, -0.15) is 22.5 Å². The van der Waals surface area contributed by atoms with Crippen LogP contribution in [-0.2, 0) is 10.3 Å². The van der Waals surface area contributed by atoms with Gasteiger partial charge in [0.1, 0.15) is 0 Å². The molecule has 1 aliphatic heterocycles. The number of carbonyl (C=O) groups excluding carboxylic acids is 1. The highest BCUT2D eigenvalue weighted by atomic mass is 35.5. The van der Waals surface area contributed by atoms with Gasteiger partial charge in [-0.25, -0.2) is 0 Å². The van der Waals surface area contributed by atoms with Crippen LogP contribution in [0.25, 0.3) is 22.3 Å². The lowest BCUT2D eigenvalue weighted by Gasteiger charge is -2.39. The molecule has 0 radical (unpaired) electrons. The van der Waals surface area contributed by atoms with Crippen molar-refractivity contribution < 1.29 is 32.9 Å². The van der Waals surface area contributed by atoms with E-state index >= 15 is 0 Å². The van der Waals surface area contributed by atoms with Gasteiger partial charge in [-0.1, -0.05) is 24.3 Å². The fourth-order valence-electron chi connectivity index (χ4n) is 4.59. The van der Waals surface area contributed by atoms with Crippen molar-refractivity contribution in [3.8, 4) is 22.3 Å². The minimum absolute atomic E-state index is 0.00726. The summed E-state index contributed by atoms with van der Waals surface area (Å²) in [7, 11) is 0. The summed E-state index contributed by atoms with van der Waals surface area (Å²) in [6.45, 7) is 0.474. The first-order valence-electron chi connectivity index (χ1n) is 10.5. The number of nitrogens with zero attached hydrogens (tertiary/aromatic N) is 3. The minimum Gasteiger partial charge on any atom is -0.394 e. The van der Waals surface area contributed by atoms with Crippen molar-refractivity contribution in [2.75, 3.05) is 26.3 Å². The molecule has 2 aliphatic rings. The van der Waals surface area contributed by atoms with Crippen LogP contribution in [0.5, 0.6) is 0 Å². The van der Waals surface area contributed by atoms with Crippen molar-refractivity contribution >= 4 is 17.7 Å². The summed E-state index contributed by atoms with van der Waals surface area (Å²) in [6, 6.07) is 8.36. The standard InChI is InChI=1S/C23H19ClF3N3O4/c24-30-10-14(9-28-30)17-7-13(21(32)29-11-15(12-29)34-6-5-31)8-19-20(17)16-3-1-2-4-18(16)22(19,33)23(25,26)27/h1-4,7-10,15,31,33H,5-6,11-12H2. The molecule has 3 aromatic rings. The van der Waals surface area contributed by atoms with E-state index in [0.29, 0.717) is 11.1 Å². The minimum atomic E-state index is -5.04. The maximum absolute atomic E-state index is 14.4. The van der Waals surface area contributed by atoms with Crippen molar-refractivity contribution in [2.24, 2.45) is 0 Å². The number of aromatic nitrogens is 2. The van der Waals surface area contributed by atoms with Gasteiger partial charge < -0.3 is 19.8 Å². The fourth-order valence-corrected chi connectivity index (χ4v) is 4.73. The van der Waals surface area contributed by atoms with Crippen molar-refractivity contribution in [1.82, 2.24) is 14.2 Å². The van der Waals surface area contributed by atoms with Crippen LogP contribution in [0.15, 0.2) is 48.8 Å². The number of halogens is 4. The molecule has 1 saturated heterocycles. The molecule has 1 fully saturated rings. The smallest absolute Gasteiger partial charge is 0.394 e. The number of hydrogen-bond donors (Lipinski definition) is 2. The Bertz CT molecular complexity index is 1270. The zero-order valence-corrected chi connectivity index (χ0v) is 18.3. The summed E-state index contributed by atoms with van der Waals surface area (Å²) in [5.41, 5.74) is -2.93. The molecule has 0 spiro atoms. The Kier molecular flexibility index (Phi) is 5.44. The van der Waals surface area contributed by atoms with Crippen molar-refractivity contribution in [3.05, 3.63) is 65.5 Å². The molecular formula is C23H19ClF3N3O4. The predicted octanol–water partition coefficient (Wildman–Crippen LogP) is 3.16. The van der Waals surface area contributed by atoms with Crippen molar-refractivity contribution in [3.63, 3.8) is 0 Å². The van der Waals surface area contributed by atoms with Gasteiger partial charge >= 0.3 is 6.18 Å². The molecule has 7 nitrogen and oxygen atoms in total. The van der Waals surface area contributed by atoms with Crippen LogP contribution in [-0.4, -0.2) is 68.9 Å². The lowest BCUT2D eigenvalue weighted by molar-refractivity contribution is -0.246. The quantitative estimate of drug-likeness (QED) is 0.570. The Balaban J connectivity index is 1.66. The molecule has 1 aromatic heterocycles. The first kappa shape index (κ1) is 22.9. The van der Waals surface area contributed by atoms with E-state index in [4.69, 9.17) is 21.6 Å². The fraction of sp³-hybridized carbons (Fsp3) is 0.304. The maximum atomic E-state index is 14.4. The van der Waals surface area contributed by atoms with E-state index in [-0.39, 0.29) is 54.7 Å². The number of likely N-dealkylation sites (tertiary alicyclic amines) is 1. The molecular weight excluding hydrogens is 475 g/mol. The summed E-state index contributed by atoms with van der Waals surface area (Å²) in [5, 5.41) is 23.9. The van der Waals surface area contributed by atoms with Crippen LogP contribution in [0.4, 0.5) is 13.2 Å². The third kappa shape index (κ3) is 3.40. The second-order valence-electron chi connectivity index (χ2n) is 8.24. The number of carbonyl (C=O) groups is 1. The number of aliphatic hydroxyl groups excluding tert-OH is 1. The van der Waals surface area contributed by atoms with E-state index in [0.717, 1.165) is 10.3 Å². The molecule has 2 N–H and O–H groups in total. The zero-order chi connectivity index (χ0) is 24.3. The van der Waals surface area contributed by atoms with Gasteiger partial charge in [-0.15, -0.1) is 0 Å². The molecule has 1 aliphatic carbocycles. The van der Waals surface area contributed by atoms with E-state index in [9.17, 15) is 23.1 Å². The average molecular weight is 494 g/mol. The highest BCUT2D eigenvalue weighted by Gasteiger charge is 2.61. The summed E-state index contributed by atoms with van der Waals surface area (Å²) in [5.74, 6) is -0.494. The molecule has 34 heavy (non-hydrogen) atoms. The lowest BCUT2D eigenvalue weighted by Crippen LogP contribution is -2.55. The van der Waals surface area contributed by atoms with Crippen LogP contribution < -0.4 is 0 Å². The molecule has 1 amide bonds. The number of ether oxygens (including phenoxy) is 1. The Morgan fingerprint density at radius 1 is 1.21 bits per heavy atom. The van der Waals surface area contributed by atoms with E-state index in [1.165, 1.54) is 41.6 Å². The van der Waals surface area contributed by atoms with Gasteiger partial charge in [0.25, 0.3) is 5.91 Å². The number of fused-ring (bicyclic) bond motifs is 3. The number of benzene rings is 2. The van der Waals surface area contributed by atoms with Crippen molar-refractivity contribution in [2.45, 2.75) is 17.9 Å². The van der Waals surface area contributed by atoms with Gasteiger partial charge in [0.2, 0.25) is 5.60 Å². The van der Waals surface area contributed by atoms with Crippen LogP contribution in [0.1, 0.15) is 21.5 Å². The monoisotopic (exact) mass is 493 g/mol. The van der Waals surface area contributed by atoms with Crippen LogP contribution in [0.3, 0.4) is 0 Å². The van der Waals surface area contributed by atoms with E-state index < -0.39 is 23.2 Å². The van der Waals surface area contributed by atoms with Gasteiger partial charge in [-0.3, -0.25) is 4.79 Å². The largest absolute Gasteiger partial charge is 0.425 e. The van der Waals surface area contributed by atoms with Gasteiger partial charge in [0.05, 0.1) is 31.7 Å². The number of rotatable bonds is 5. The molecule has 11 heteroatoms. The van der Waals surface area contributed by atoms with Crippen molar-refractivity contribution in [1.29, 1.82) is 0 Å². The first-order chi connectivity index (χ1) is 16.1. The Hall–Kier alpha value is -2.92. The van der Waals surface area contributed by atoms with Gasteiger partial charge in [-0.05, 0) is 28.8 Å². The third-order valence-corrected chi connectivity index (χ3v) is 6.40. The highest BCUT2D eigenvalue weighted by Crippen LogP contribution is 2.57. The summed E-state index contributed by atoms with van der Waals surface area (Å²) in [6.07, 6.45) is -2.49. The molecule has 0 bridgehead atoms. The molecule has 5 rings (SSSR count). The molecule has 1 unspecified atom stereocenters. The van der Waals surface area contributed by atoms with Gasteiger partial charge in [0.15, 0.2) is 0 Å². The van der Waals surface area contributed by atoms with Crippen LogP contribution >= 0.6 is 11.8 Å². The summed E-state index contributed by atoms with van der Waals surface area (Å²) in [4.78, 5) is 14.6. The average Bonchev–Trinajstić information content (AvgIpc) is 3.32. The Labute approximate surface area is 197 Å². The second kappa shape index (κ2) is 8.09. The number of amides is 1.